The van der Waals surface area contributed by atoms with E-state index in [1.54, 1.807) is 49.4 Å². The predicted molar refractivity (Wildman–Crippen MR) is 105 cm³/mol. The molecule has 28 heavy (non-hydrogen) atoms. The van der Waals surface area contributed by atoms with Gasteiger partial charge in [0, 0.05) is 11.1 Å². The minimum atomic E-state index is -0.899. The Balaban J connectivity index is 1.94. The molecule has 3 aromatic rings. The lowest BCUT2D eigenvalue weighted by Gasteiger charge is -2.11. The Hall–Kier alpha value is -2.62. The van der Waals surface area contributed by atoms with Gasteiger partial charge in [-0.25, -0.2) is 17.6 Å². The fraction of sp³-hybridized carbons (Fsp3) is 0.250. The van der Waals surface area contributed by atoms with Gasteiger partial charge in [0.25, 0.3) is 0 Å². The summed E-state index contributed by atoms with van der Waals surface area (Å²) in [5, 5.41) is 0. The molecule has 146 valence electrons. The van der Waals surface area contributed by atoms with Gasteiger partial charge < -0.3 is 0 Å². The van der Waals surface area contributed by atoms with E-state index in [0.29, 0.717) is 35.1 Å². The lowest BCUT2D eigenvalue weighted by Crippen LogP contribution is -1.98. The maximum absolute atomic E-state index is 14.5. The van der Waals surface area contributed by atoms with Crippen molar-refractivity contribution in [2.75, 3.05) is 0 Å². The number of hydrogen-bond acceptors (Lipinski definition) is 0. The maximum atomic E-state index is 14.5. The molecule has 0 aliphatic rings. The zero-order valence-electron chi connectivity index (χ0n) is 16.0. The highest BCUT2D eigenvalue weighted by molar-refractivity contribution is 5.71. The summed E-state index contributed by atoms with van der Waals surface area (Å²) in [6.45, 7) is 3.75. The number of rotatable bonds is 6. The van der Waals surface area contributed by atoms with Crippen molar-refractivity contribution < 1.29 is 17.6 Å². The Morgan fingerprint density at radius 1 is 0.571 bits per heavy atom. The van der Waals surface area contributed by atoms with Gasteiger partial charge in [0.15, 0.2) is 23.3 Å². The molecule has 0 heterocycles. The Labute approximate surface area is 162 Å². The van der Waals surface area contributed by atoms with Gasteiger partial charge in [0.2, 0.25) is 0 Å². The maximum Gasteiger partial charge on any atom is 0.166 e. The summed E-state index contributed by atoms with van der Waals surface area (Å²) in [5.41, 5.74) is 1.93. The SMILES string of the molecule is CCCCc1ccc(-c2ccc(-c3ccc(CC)c(F)c3F)cc2)c(F)c1F. The lowest BCUT2D eigenvalue weighted by molar-refractivity contribution is 0.499. The van der Waals surface area contributed by atoms with Crippen LogP contribution in [0.25, 0.3) is 22.3 Å². The van der Waals surface area contributed by atoms with E-state index in [0.717, 1.165) is 12.8 Å². The first kappa shape index (κ1) is 20.1. The van der Waals surface area contributed by atoms with E-state index >= 15 is 0 Å². The van der Waals surface area contributed by atoms with Gasteiger partial charge in [0.05, 0.1) is 0 Å². The topological polar surface area (TPSA) is 0 Å². The molecule has 0 aliphatic heterocycles. The fourth-order valence-corrected chi connectivity index (χ4v) is 3.29. The molecular weight excluding hydrogens is 364 g/mol. The first-order chi connectivity index (χ1) is 13.5. The van der Waals surface area contributed by atoms with Crippen molar-refractivity contribution in [3.8, 4) is 22.3 Å². The minimum absolute atomic E-state index is 0.141. The number of halogens is 4. The standard InChI is InChI=1S/C24H22F4/c1-3-5-6-18-12-14-20(24(28)22(18)26)17-9-7-16(8-10-17)19-13-11-15(4-2)21(25)23(19)27/h7-14H,3-6H2,1-2H3. The highest BCUT2D eigenvalue weighted by atomic mass is 19.2. The van der Waals surface area contributed by atoms with Crippen LogP contribution in [0.5, 0.6) is 0 Å². The van der Waals surface area contributed by atoms with Crippen LogP contribution in [-0.2, 0) is 12.8 Å². The van der Waals surface area contributed by atoms with E-state index in [1.807, 2.05) is 6.92 Å². The summed E-state index contributed by atoms with van der Waals surface area (Å²) in [4.78, 5) is 0. The lowest BCUT2D eigenvalue weighted by atomic mass is 9.97. The smallest absolute Gasteiger partial charge is 0.166 e. The number of hydrogen-bond donors (Lipinski definition) is 0. The normalized spacial score (nSPS) is 11.1. The Kier molecular flexibility index (Phi) is 6.18. The highest BCUT2D eigenvalue weighted by Crippen LogP contribution is 2.31. The quantitative estimate of drug-likeness (QED) is 0.385. The summed E-state index contributed by atoms with van der Waals surface area (Å²) in [7, 11) is 0. The average Bonchev–Trinajstić information content (AvgIpc) is 2.71. The summed E-state index contributed by atoms with van der Waals surface area (Å²) >= 11 is 0. The van der Waals surface area contributed by atoms with Crippen LogP contribution < -0.4 is 0 Å². The molecule has 0 N–H and O–H groups in total. The Morgan fingerprint density at radius 3 is 1.50 bits per heavy atom. The van der Waals surface area contributed by atoms with Gasteiger partial charge >= 0.3 is 0 Å². The molecule has 0 bridgehead atoms. The summed E-state index contributed by atoms with van der Waals surface area (Å²) in [6.07, 6.45) is 2.60. The highest BCUT2D eigenvalue weighted by Gasteiger charge is 2.16. The van der Waals surface area contributed by atoms with Crippen molar-refractivity contribution in [2.45, 2.75) is 39.5 Å². The number of benzene rings is 3. The molecule has 0 amide bonds. The van der Waals surface area contributed by atoms with Crippen molar-refractivity contribution in [1.82, 2.24) is 0 Å². The first-order valence-electron chi connectivity index (χ1n) is 9.52. The Bertz CT molecular complexity index is 975. The second-order valence-corrected chi connectivity index (χ2v) is 6.83. The van der Waals surface area contributed by atoms with E-state index in [-0.39, 0.29) is 11.1 Å². The molecule has 0 saturated carbocycles. The molecule has 4 heteroatoms. The van der Waals surface area contributed by atoms with Crippen LogP contribution in [-0.4, -0.2) is 0 Å². The molecule has 0 aliphatic carbocycles. The van der Waals surface area contributed by atoms with E-state index in [1.165, 1.54) is 6.07 Å². The molecular formula is C24H22F4. The van der Waals surface area contributed by atoms with Crippen molar-refractivity contribution >= 4 is 0 Å². The van der Waals surface area contributed by atoms with Gasteiger partial charge in [-0.2, -0.15) is 0 Å². The van der Waals surface area contributed by atoms with Crippen molar-refractivity contribution in [2.24, 2.45) is 0 Å². The molecule has 0 unspecified atom stereocenters. The molecule has 3 rings (SSSR count). The molecule has 0 spiro atoms. The molecule has 0 aromatic heterocycles. The molecule has 3 aromatic carbocycles. The third-order valence-corrected chi connectivity index (χ3v) is 5.01. The largest absolute Gasteiger partial charge is 0.203 e. The van der Waals surface area contributed by atoms with Crippen LogP contribution in [0.2, 0.25) is 0 Å². The van der Waals surface area contributed by atoms with Crippen LogP contribution in [0.15, 0.2) is 48.5 Å². The van der Waals surface area contributed by atoms with Gasteiger partial charge in [0.1, 0.15) is 0 Å². The van der Waals surface area contributed by atoms with Crippen molar-refractivity contribution in [1.29, 1.82) is 0 Å². The Morgan fingerprint density at radius 2 is 1.04 bits per heavy atom. The molecule has 0 radical (unpaired) electrons. The third kappa shape index (κ3) is 3.82. The van der Waals surface area contributed by atoms with Gasteiger partial charge in [-0.3, -0.25) is 0 Å². The van der Waals surface area contributed by atoms with Crippen LogP contribution in [0.4, 0.5) is 17.6 Å². The van der Waals surface area contributed by atoms with Gasteiger partial charge in [-0.1, -0.05) is 68.8 Å². The monoisotopic (exact) mass is 386 g/mol. The molecule has 0 atom stereocenters. The first-order valence-corrected chi connectivity index (χ1v) is 9.52. The number of aryl methyl sites for hydroxylation is 2. The van der Waals surface area contributed by atoms with Crippen molar-refractivity contribution in [3.05, 3.63) is 82.9 Å². The second kappa shape index (κ2) is 8.59. The van der Waals surface area contributed by atoms with Crippen molar-refractivity contribution in [3.63, 3.8) is 0 Å². The fourth-order valence-electron chi connectivity index (χ4n) is 3.29. The summed E-state index contributed by atoms with van der Waals surface area (Å²) in [5.74, 6) is -3.45. The van der Waals surface area contributed by atoms with Crippen LogP contribution in [0.3, 0.4) is 0 Å². The molecule has 0 fully saturated rings. The third-order valence-electron chi connectivity index (χ3n) is 5.01. The summed E-state index contributed by atoms with van der Waals surface area (Å²) in [6, 6.07) is 12.6. The zero-order chi connectivity index (χ0) is 20.3. The molecule has 0 saturated heterocycles. The molecule has 0 nitrogen and oxygen atoms in total. The van der Waals surface area contributed by atoms with Crippen LogP contribution in [0, 0.1) is 23.3 Å². The second-order valence-electron chi connectivity index (χ2n) is 6.83. The van der Waals surface area contributed by atoms with E-state index in [9.17, 15) is 17.6 Å². The van der Waals surface area contributed by atoms with Crippen LogP contribution in [0.1, 0.15) is 37.8 Å². The average molecular weight is 386 g/mol. The van der Waals surface area contributed by atoms with Gasteiger partial charge in [-0.05, 0) is 41.5 Å². The van der Waals surface area contributed by atoms with Gasteiger partial charge in [-0.15, -0.1) is 0 Å². The van der Waals surface area contributed by atoms with E-state index in [4.69, 9.17) is 0 Å². The van der Waals surface area contributed by atoms with Crippen LogP contribution >= 0.6 is 0 Å². The van der Waals surface area contributed by atoms with E-state index in [2.05, 4.69) is 0 Å². The minimum Gasteiger partial charge on any atom is -0.203 e. The number of unbranched alkanes of at least 4 members (excludes halogenated alkanes) is 1. The summed E-state index contributed by atoms with van der Waals surface area (Å²) < 4.78 is 57.2. The van der Waals surface area contributed by atoms with E-state index < -0.39 is 23.3 Å². The predicted octanol–water partition coefficient (Wildman–Crippen LogP) is 7.48. The zero-order valence-corrected chi connectivity index (χ0v) is 16.0.